The number of likely N-dealkylation sites (tertiary alicyclic amines) is 1. The summed E-state index contributed by atoms with van der Waals surface area (Å²) in [7, 11) is 0. The minimum absolute atomic E-state index is 0.0661. The maximum absolute atomic E-state index is 12.5. The number of aromatic nitrogens is 3. The molecule has 1 N–H and O–H groups in total. The minimum atomic E-state index is 0.0661. The van der Waals surface area contributed by atoms with Crippen LogP contribution in [0.25, 0.3) is 10.8 Å². The molecule has 5 heteroatoms. The number of nitrogens with one attached hydrogen (secondary N) is 1. The number of amides is 1. The van der Waals surface area contributed by atoms with Gasteiger partial charge < -0.3 is 4.90 Å². The molecule has 3 heterocycles. The summed E-state index contributed by atoms with van der Waals surface area (Å²) < 4.78 is 0. The van der Waals surface area contributed by atoms with Gasteiger partial charge in [-0.25, -0.2) is 0 Å². The van der Waals surface area contributed by atoms with Gasteiger partial charge in [-0.3, -0.25) is 14.9 Å². The van der Waals surface area contributed by atoms with E-state index in [1.165, 1.54) is 22.8 Å². The quantitative estimate of drug-likeness (QED) is 0.798. The monoisotopic (exact) mass is 334 g/mol. The molecule has 1 saturated heterocycles. The van der Waals surface area contributed by atoms with Crippen LogP contribution in [0.4, 0.5) is 0 Å². The van der Waals surface area contributed by atoms with Crippen molar-refractivity contribution in [2.75, 3.05) is 13.1 Å². The number of benzene rings is 1. The number of carbonyl (C=O) groups is 1. The van der Waals surface area contributed by atoms with Gasteiger partial charge in [0, 0.05) is 37.1 Å². The van der Waals surface area contributed by atoms with Crippen molar-refractivity contribution in [3.63, 3.8) is 0 Å². The highest BCUT2D eigenvalue weighted by molar-refractivity contribution is 5.92. The van der Waals surface area contributed by atoms with Crippen LogP contribution in [0.1, 0.15) is 35.3 Å². The van der Waals surface area contributed by atoms with Crippen LogP contribution in [0.15, 0.2) is 48.9 Å². The average molecular weight is 334 g/mol. The van der Waals surface area contributed by atoms with Crippen LogP contribution in [-0.4, -0.2) is 39.1 Å². The first-order valence-corrected chi connectivity index (χ1v) is 8.91. The largest absolute Gasteiger partial charge is 0.337 e. The molecule has 0 aliphatic carbocycles. The molecular formula is C20H22N4O. The summed E-state index contributed by atoms with van der Waals surface area (Å²) in [6.07, 6.45) is 9.73. The molecule has 1 amide bonds. The Balaban J connectivity index is 1.41. The van der Waals surface area contributed by atoms with Gasteiger partial charge in [0.05, 0.1) is 0 Å². The fraction of sp³-hybridized carbons (Fsp3) is 0.350. The lowest BCUT2D eigenvalue weighted by Crippen LogP contribution is -2.32. The molecule has 5 nitrogen and oxygen atoms in total. The molecule has 1 aliphatic rings. The number of pyridine rings is 1. The molecule has 1 fully saturated rings. The van der Waals surface area contributed by atoms with Crippen LogP contribution < -0.4 is 0 Å². The summed E-state index contributed by atoms with van der Waals surface area (Å²) in [5, 5.41) is 9.09. The number of hydrogen-bond donors (Lipinski definition) is 1. The predicted octanol–water partition coefficient (Wildman–Crippen LogP) is 3.44. The molecule has 25 heavy (non-hydrogen) atoms. The topological polar surface area (TPSA) is 61.9 Å². The van der Waals surface area contributed by atoms with E-state index in [0.29, 0.717) is 11.6 Å². The Morgan fingerprint density at radius 2 is 2.08 bits per heavy atom. The Labute approximate surface area is 147 Å². The van der Waals surface area contributed by atoms with Crippen molar-refractivity contribution >= 4 is 16.7 Å². The molecule has 0 radical (unpaired) electrons. The second-order valence-electron chi connectivity index (χ2n) is 6.82. The molecule has 1 aliphatic heterocycles. The Kier molecular flexibility index (Phi) is 4.46. The van der Waals surface area contributed by atoms with Crippen molar-refractivity contribution in [1.82, 2.24) is 20.1 Å². The highest BCUT2D eigenvalue weighted by atomic mass is 16.2. The average Bonchev–Trinajstić information content (AvgIpc) is 3.08. The molecular weight excluding hydrogens is 312 g/mol. The first kappa shape index (κ1) is 15.8. The second-order valence-corrected chi connectivity index (χ2v) is 6.82. The number of nitrogens with zero attached hydrogens (tertiary/aromatic N) is 3. The standard InChI is InChI=1S/C20H22N4O/c25-20(19-6-9-22-23-19)24-10-1-2-15(7-11-24)12-16-3-4-18-14-21-8-5-17(18)13-16/h3-6,8-9,13-15H,1-2,7,10-12H2,(H,22,23)/t15-/m1/s1. The zero-order chi connectivity index (χ0) is 17.1. The minimum Gasteiger partial charge on any atom is -0.337 e. The van der Waals surface area contributed by atoms with E-state index in [9.17, 15) is 4.79 Å². The molecule has 0 unspecified atom stereocenters. The zero-order valence-corrected chi connectivity index (χ0v) is 14.2. The molecule has 0 spiro atoms. The zero-order valence-electron chi connectivity index (χ0n) is 14.2. The van der Waals surface area contributed by atoms with Gasteiger partial charge >= 0.3 is 0 Å². The first-order chi connectivity index (χ1) is 12.3. The Morgan fingerprint density at radius 3 is 2.96 bits per heavy atom. The Morgan fingerprint density at radius 1 is 1.12 bits per heavy atom. The second kappa shape index (κ2) is 7.05. The van der Waals surface area contributed by atoms with Crippen molar-refractivity contribution in [2.45, 2.75) is 25.7 Å². The van der Waals surface area contributed by atoms with Gasteiger partial charge in [-0.15, -0.1) is 0 Å². The lowest BCUT2D eigenvalue weighted by atomic mass is 9.92. The molecule has 0 saturated carbocycles. The van der Waals surface area contributed by atoms with Crippen molar-refractivity contribution in [1.29, 1.82) is 0 Å². The molecule has 128 valence electrons. The SMILES string of the molecule is O=C(c1ccn[nH]1)N1CCC[C@@H](Cc2ccc3cnccc3c2)CC1. The number of aromatic amines is 1. The third-order valence-corrected chi connectivity index (χ3v) is 5.10. The molecule has 1 aromatic carbocycles. The lowest BCUT2D eigenvalue weighted by molar-refractivity contribution is 0.0754. The van der Waals surface area contributed by atoms with E-state index in [-0.39, 0.29) is 5.91 Å². The number of hydrogen-bond acceptors (Lipinski definition) is 3. The van der Waals surface area contributed by atoms with E-state index in [1.54, 1.807) is 12.3 Å². The fourth-order valence-corrected chi connectivity index (χ4v) is 3.71. The van der Waals surface area contributed by atoms with Gasteiger partial charge in [0.25, 0.3) is 5.91 Å². The van der Waals surface area contributed by atoms with Gasteiger partial charge in [0.1, 0.15) is 5.69 Å². The van der Waals surface area contributed by atoms with Crippen LogP contribution in [0.2, 0.25) is 0 Å². The highest BCUT2D eigenvalue weighted by Gasteiger charge is 2.22. The summed E-state index contributed by atoms with van der Waals surface area (Å²) in [6, 6.07) is 10.5. The summed E-state index contributed by atoms with van der Waals surface area (Å²) >= 11 is 0. The normalized spacial score (nSPS) is 18.2. The van der Waals surface area contributed by atoms with E-state index in [1.807, 2.05) is 17.3 Å². The molecule has 2 aromatic heterocycles. The molecule has 3 aromatic rings. The van der Waals surface area contributed by atoms with Crippen molar-refractivity contribution in [3.05, 3.63) is 60.2 Å². The number of fused-ring (bicyclic) bond motifs is 1. The molecule has 1 atom stereocenters. The van der Waals surface area contributed by atoms with E-state index in [0.717, 1.165) is 32.4 Å². The summed E-state index contributed by atoms with van der Waals surface area (Å²) in [5.74, 6) is 0.690. The van der Waals surface area contributed by atoms with Gasteiger partial charge in [0.2, 0.25) is 0 Å². The summed E-state index contributed by atoms with van der Waals surface area (Å²) in [4.78, 5) is 18.6. The van der Waals surface area contributed by atoms with Crippen molar-refractivity contribution in [2.24, 2.45) is 5.92 Å². The Bertz CT molecular complexity index is 859. The van der Waals surface area contributed by atoms with Crippen molar-refractivity contribution < 1.29 is 4.79 Å². The highest BCUT2D eigenvalue weighted by Crippen LogP contribution is 2.24. The van der Waals surface area contributed by atoms with Crippen LogP contribution in [0.3, 0.4) is 0 Å². The maximum Gasteiger partial charge on any atom is 0.271 e. The first-order valence-electron chi connectivity index (χ1n) is 8.91. The molecule has 4 rings (SSSR count). The van der Waals surface area contributed by atoms with E-state index < -0.39 is 0 Å². The number of carbonyl (C=O) groups excluding carboxylic acids is 1. The maximum atomic E-state index is 12.5. The third kappa shape index (κ3) is 3.55. The van der Waals surface area contributed by atoms with Crippen LogP contribution in [-0.2, 0) is 6.42 Å². The summed E-state index contributed by atoms with van der Waals surface area (Å²) in [6.45, 7) is 1.65. The van der Waals surface area contributed by atoms with Crippen molar-refractivity contribution in [3.8, 4) is 0 Å². The van der Waals surface area contributed by atoms with E-state index >= 15 is 0 Å². The third-order valence-electron chi connectivity index (χ3n) is 5.10. The van der Waals surface area contributed by atoms with Crippen LogP contribution in [0.5, 0.6) is 0 Å². The van der Waals surface area contributed by atoms with Crippen LogP contribution >= 0.6 is 0 Å². The lowest BCUT2D eigenvalue weighted by Gasteiger charge is -2.19. The fourth-order valence-electron chi connectivity index (χ4n) is 3.71. The molecule has 0 bridgehead atoms. The van der Waals surface area contributed by atoms with Gasteiger partial charge in [-0.05, 0) is 54.7 Å². The Hall–Kier alpha value is -2.69. The van der Waals surface area contributed by atoms with E-state index in [4.69, 9.17) is 0 Å². The van der Waals surface area contributed by atoms with E-state index in [2.05, 4.69) is 39.4 Å². The summed E-state index contributed by atoms with van der Waals surface area (Å²) in [5.41, 5.74) is 1.96. The number of H-pyrrole nitrogens is 1. The van der Waals surface area contributed by atoms with Gasteiger partial charge in [-0.2, -0.15) is 5.10 Å². The predicted molar refractivity (Wildman–Crippen MR) is 97.3 cm³/mol. The van der Waals surface area contributed by atoms with Crippen LogP contribution in [0, 0.1) is 5.92 Å². The number of rotatable bonds is 3. The van der Waals surface area contributed by atoms with Gasteiger partial charge in [0.15, 0.2) is 0 Å². The van der Waals surface area contributed by atoms with Gasteiger partial charge in [-0.1, -0.05) is 18.2 Å². The smallest absolute Gasteiger partial charge is 0.271 e.